The minimum atomic E-state index is -4.80. The van der Waals surface area contributed by atoms with E-state index < -0.39 is 40.1 Å². The summed E-state index contributed by atoms with van der Waals surface area (Å²) in [5.41, 5.74) is -3.88. The Hall–Kier alpha value is -3.50. The Balaban J connectivity index is 1.49. The van der Waals surface area contributed by atoms with Gasteiger partial charge in [-0.05, 0) is 76.0 Å². The first-order valence-corrected chi connectivity index (χ1v) is 13.4. The molecule has 220 valence electrons. The van der Waals surface area contributed by atoms with Crippen molar-refractivity contribution in [2.24, 2.45) is 5.92 Å². The van der Waals surface area contributed by atoms with Crippen LogP contribution in [0.3, 0.4) is 0 Å². The Bertz CT molecular complexity index is 1360. The molecule has 4 rings (SSSR count). The number of nitriles is 1. The number of carbonyl (C=O) groups is 2. The lowest BCUT2D eigenvalue weighted by molar-refractivity contribution is -0.142. The molecule has 1 unspecified atom stereocenters. The number of alkyl halides is 3. The maximum absolute atomic E-state index is 15.2. The van der Waals surface area contributed by atoms with E-state index >= 15 is 4.39 Å². The molecule has 0 saturated carbocycles. The third kappa shape index (κ3) is 6.23. The van der Waals surface area contributed by atoms with Crippen molar-refractivity contribution in [3.05, 3.63) is 53.3 Å². The summed E-state index contributed by atoms with van der Waals surface area (Å²) >= 11 is 4.54. The van der Waals surface area contributed by atoms with Crippen molar-refractivity contribution in [3.8, 4) is 11.8 Å². The van der Waals surface area contributed by atoms with E-state index in [0.29, 0.717) is 19.7 Å². The maximum Gasteiger partial charge on any atom is 0.417 e. The number of hydrogen-bond donors (Lipinski definition) is 1. The summed E-state index contributed by atoms with van der Waals surface area (Å²) < 4.78 is 66.3. The lowest BCUT2D eigenvalue weighted by Gasteiger charge is -2.33. The number of nitrogens with zero attached hydrogens (tertiary/aromatic N) is 4. The Morgan fingerprint density at radius 3 is 2.39 bits per heavy atom. The molecule has 2 aliphatic rings. The van der Waals surface area contributed by atoms with Crippen LogP contribution < -0.4 is 14.5 Å². The van der Waals surface area contributed by atoms with Gasteiger partial charge in [-0.2, -0.15) is 18.4 Å². The van der Waals surface area contributed by atoms with Gasteiger partial charge >= 0.3 is 12.1 Å². The van der Waals surface area contributed by atoms with Crippen LogP contribution in [0.1, 0.15) is 37.8 Å². The van der Waals surface area contributed by atoms with E-state index in [1.807, 2.05) is 4.90 Å². The number of anilines is 2. The van der Waals surface area contributed by atoms with Gasteiger partial charge in [-0.15, -0.1) is 12.6 Å². The number of halogens is 4. The van der Waals surface area contributed by atoms with Crippen molar-refractivity contribution in [3.63, 3.8) is 0 Å². The van der Waals surface area contributed by atoms with Crippen molar-refractivity contribution in [1.82, 2.24) is 4.90 Å². The maximum atomic E-state index is 15.2. The first-order valence-electron chi connectivity index (χ1n) is 12.9. The third-order valence-corrected chi connectivity index (χ3v) is 7.93. The highest BCUT2D eigenvalue weighted by Crippen LogP contribution is 2.43. The highest BCUT2D eigenvalue weighted by atomic mass is 32.1. The number of esters is 1. The van der Waals surface area contributed by atoms with E-state index in [1.54, 1.807) is 19.9 Å². The van der Waals surface area contributed by atoms with E-state index in [4.69, 9.17) is 14.7 Å². The van der Waals surface area contributed by atoms with Gasteiger partial charge in [-0.25, -0.2) is 4.39 Å². The van der Waals surface area contributed by atoms with Crippen molar-refractivity contribution in [2.75, 3.05) is 43.2 Å². The molecule has 0 aromatic heterocycles. The largest absolute Gasteiger partial charge is 0.490 e. The van der Waals surface area contributed by atoms with Crippen molar-refractivity contribution >= 4 is 35.9 Å². The van der Waals surface area contributed by atoms with Gasteiger partial charge in [0.05, 0.1) is 37.5 Å². The molecule has 2 aliphatic heterocycles. The summed E-state index contributed by atoms with van der Waals surface area (Å²) in [5.74, 6) is -1.29. The molecule has 0 N–H and O–H groups in total. The van der Waals surface area contributed by atoms with Crippen molar-refractivity contribution in [2.45, 2.75) is 43.9 Å². The van der Waals surface area contributed by atoms with E-state index in [1.165, 1.54) is 36.3 Å². The molecule has 1 amide bonds. The average molecular weight is 595 g/mol. The van der Waals surface area contributed by atoms with Gasteiger partial charge in [0.1, 0.15) is 5.54 Å². The van der Waals surface area contributed by atoms with Crippen LogP contribution in [0.25, 0.3) is 0 Å². The zero-order valence-corrected chi connectivity index (χ0v) is 23.6. The SMILES string of the molecule is COC(=O)CN1CCC(COc2ccc(N3C(S)N(c4ccc(C#N)c(C(F)(F)F)c4)C(=O)C3(C)C)cc2F)CC1. The second-order valence-electron chi connectivity index (χ2n) is 10.5. The average Bonchev–Trinajstić information content (AvgIpc) is 3.10. The molecule has 8 nitrogen and oxygen atoms in total. The van der Waals surface area contributed by atoms with Crippen LogP contribution in [0, 0.1) is 23.1 Å². The number of hydrogen-bond acceptors (Lipinski definition) is 8. The molecule has 1 atom stereocenters. The first-order chi connectivity index (χ1) is 19.3. The number of likely N-dealkylation sites (tertiary alicyclic amines) is 1. The molecular formula is C28H30F4N4O4S. The number of carbonyl (C=O) groups excluding carboxylic acids is 2. The normalized spacial score (nSPS) is 19.8. The fourth-order valence-corrected chi connectivity index (χ4v) is 5.81. The Morgan fingerprint density at radius 1 is 1.15 bits per heavy atom. The summed E-state index contributed by atoms with van der Waals surface area (Å²) in [6, 6.07) is 8.76. The fraction of sp³-hybridized carbons (Fsp3) is 0.464. The summed E-state index contributed by atoms with van der Waals surface area (Å²) in [4.78, 5) is 29.5. The van der Waals surface area contributed by atoms with Crippen LogP contribution in [-0.2, 0) is 20.5 Å². The predicted octanol–water partition coefficient (Wildman–Crippen LogP) is 4.83. The standard InChI is InChI=1S/C28H30F4N4O4S/c1-27(2)25(38)35(19-5-4-18(14-33)21(12-19)28(30,31)32)26(41)36(27)20-6-7-23(22(29)13-20)40-16-17-8-10-34(11-9-17)15-24(37)39-3/h4-7,12-13,17,26,41H,8-11,15-16H2,1-3H3. The highest BCUT2D eigenvalue weighted by molar-refractivity contribution is 7.81. The number of rotatable bonds is 7. The van der Waals surface area contributed by atoms with Crippen molar-refractivity contribution < 1.29 is 36.6 Å². The topological polar surface area (TPSA) is 86.1 Å². The Morgan fingerprint density at radius 2 is 1.80 bits per heavy atom. The summed E-state index contributed by atoms with van der Waals surface area (Å²) in [6.45, 7) is 5.06. The fourth-order valence-electron chi connectivity index (χ4n) is 5.15. The minimum absolute atomic E-state index is 0.0311. The lowest BCUT2D eigenvalue weighted by Crippen LogP contribution is -2.45. The summed E-state index contributed by atoms with van der Waals surface area (Å²) in [7, 11) is 1.35. The lowest BCUT2D eigenvalue weighted by atomic mass is 9.98. The summed E-state index contributed by atoms with van der Waals surface area (Å²) in [5, 5.41) is 9.11. The van der Waals surface area contributed by atoms with Gasteiger partial charge in [0, 0.05) is 17.4 Å². The zero-order valence-electron chi connectivity index (χ0n) is 22.7. The van der Waals surface area contributed by atoms with Crippen LogP contribution >= 0.6 is 12.6 Å². The van der Waals surface area contributed by atoms with Crippen LogP contribution in [0.5, 0.6) is 5.75 Å². The van der Waals surface area contributed by atoms with Gasteiger partial charge < -0.3 is 14.4 Å². The molecule has 13 heteroatoms. The Labute approximate surface area is 240 Å². The van der Waals surface area contributed by atoms with Crippen molar-refractivity contribution in [1.29, 1.82) is 5.26 Å². The Kier molecular flexibility index (Phi) is 8.75. The monoisotopic (exact) mass is 594 g/mol. The molecule has 0 aliphatic carbocycles. The second-order valence-corrected chi connectivity index (χ2v) is 11.0. The molecule has 2 saturated heterocycles. The van der Waals surface area contributed by atoms with Gasteiger partial charge in [0.2, 0.25) is 0 Å². The molecule has 2 aromatic carbocycles. The number of piperidine rings is 1. The van der Waals surface area contributed by atoms with Gasteiger partial charge in [-0.3, -0.25) is 19.4 Å². The number of ether oxygens (including phenoxy) is 2. The first kappa shape index (κ1) is 30.5. The van der Waals surface area contributed by atoms with Crippen LogP contribution in [0.2, 0.25) is 0 Å². The van der Waals surface area contributed by atoms with Crippen LogP contribution in [0.4, 0.5) is 28.9 Å². The predicted molar refractivity (Wildman–Crippen MR) is 146 cm³/mol. The smallest absolute Gasteiger partial charge is 0.417 e. The molecule has 41 heavy (non-hydrogen) atoms. The number of benzene rings is 2. The van der Waals surface area contributed by atoms with E-state index in [9.17, 15) is 22.8 Å². The highest BCUT2D eigenvalue weighted by Gasteiger charge is 2.52. The minimum Gasteiger partial charge on any atom is -0.490 e. The van der Waals surface area contributed by atoms with E-state index in [-0.39, 0.29) is 35.6 Å². The molecule has 0 radical (unpaired) electrons. The van der Waals surface area contributed by atoms with E-state index in [2.05, 4.69) is 12.6 Å². The quantitative estimate of drug-likeness (QED) is 0.279. The zero-order chi connectivity index (χ0) is 30.1. The third-order valence-electron chi connectivity index (χ3n) is 7.47. The molecule has 0 spiro atoms. The molecule has 0 bridgehead atoms. The number of amides is 1. The number of thiol groups is 1. The number of methoxy groups -OCH3 is 1. The molecule has 2 aromatic rings. The molecule has 2 fully saturated rings. The summed E-state index contributed by atoms with van der Waals surface area (Å²) in [6.07, 6.45) is -3.24. The molecular weight excluding hydrogens is 564 g/mol. The van der Waals surface area contributed by atoms with Crippen LogP contribution in [-0.4, -0.2) is 61.2 Å². The van der Waals surface area contributed by atoms with Gasteiger partial charge in [0.25, 0.3) is 5.91 Å². The molecule has 2 heterocycles. The second kappa shape index (κ2) is 11.8. The van der Waals surface area contributed by atoms with Gasteiger partial charge in [0.15, 0.2) is 17.1 Å². The van der Waals surface area contributed by atoms with Gasteiger partial charge in [-0.1, -0.05) is 0 Å². The van der Waals surface area contributed by atoms with E-state index in [0.717, 1.165) is 29.9 Å². The van der Waals surface area contributed by atoms with Crippen LogP contribution in [0.15, 0.2) is 36.4 Å².